The molecule has 1 aromatic rings. The minimum atomic E-state index is 0.741. The summed E-state index contributed by atoms with van der Waals surface area (Å²) in [5, 5.41) is 3.64. The number of fused-ring (bicyclic) bond motifs is 1. The Bertz CT molecular complexity index is 421. The topological polar surface area (TPSA) is 15.3 Å². The normalized spacial score (nSPS) is 22.3. The molecule has 0 aromatic heterocycles. The maximum Gasteiger partial charge on any atom is 0.0366 e. The van der Waals surface area contributed by atoms with Crippen molar-refractivity contribution in [1.82, 2.24) is 5.32 Å². The highest BCUT2D eigenvalue weighted by atomic mass is 15.1. The predicted octanol–water partition coefficient (Wildman–Crippen LogP) is 3.14. The number of piperidine rings is 1. The molecule has 1 aromatic carbocycles. The van der Waals surface area contributed by atoms with Gasteiger partial charge >= 0.3 is 0 Å². The number of nitrogens with one attached hydrogen (secondary N) is 1. The number of hydrogen-bond acceptors (Lipinski definition) is 2. The summed E-state index contributed by atoms with van der Waals surface area (Å²) >= 11 is 0. The van der Waals surface area contributed by atoms with Crippen LogP contribution in [0, 0.1) is 0 Å². The van der Waals surface area contributed by atoms with Crippen molar-refractivity contribution in [3.05, 3.63) is 29.3 Å². The number of aryl methyl sites for hydroxylation is 2. The highest BCUT2D eigenvalue weighted by Gasteiger charge is 2.15. The molecule has 0 spiro atoms. The molecule has 1 fully saturated rings. The third-order valence-electron chi connectivity index (χ3n) is 4.75. The van der Waals surface area contributed by atoms with Gasteiger partial charge in [0.25, 0.3) is 0 Å². The van der Waals surface area contributed by atoms with Gasteiger partial charge in [-0.1, -0.05) is 12.5 Å². The summed E-state index contributed by atoms with van der Waals surface area (Å²) in [6.45, 7) is 2.38. The molecule has 2 heteroatoms. The fraction of sp³-hybridized carbons (Fsp3) is 0.647. The summed E-state index contributed by atoms with van der Waals surface area (Å²) in [4.78, 5) is 2.43. The lowest BCUT2D eigenvalue weighted by Crippen LogP contribution is -2.36. The summed E-state index contributed by atoms with van der Waals surface area (Å²) < 4.78 is 0. The number of hydrogen-bond donors (Lipinski definition) is 1. The Hall–Kier alpha value is -1.02. The molecular weight excluding hydrogens is 232 g/mol. The summed E-state index contributed by atoms with van der Waals surface area (Å²) in [5.74, 6) is 0. The zero-order valence-electron chi connectivity index (χ0n) is 12.1. The van der Waals surface area contributed by atoms with Crippen LogP contribution in [0.4, 0.5) is 5.69 Å². The second-order valence-corrected chi connectivity index (χ2v) is 6.16. The molecule has 2 nitrogen and oxygen atoms in total. The molecule has 104 valence electrons. The van der Waals surface area contributed by atoms with E-state index in [1.807, 2.05) is 0 Å². The molecule has 1 aliphatic carbocycles. The average Bonchev–Trinajstić information content (AvgIpc) is 2.93. The van der Waals surface area contributed by atoms with E-state index in [-0.39, 0.29) is 0 Å². The van der Waals surface area contributed by atoms with Crippen LogP contribution in [0.5, 0.6) is 0 Å². The second-order valence-electron chi connectivity index (χ2n) is 6.16. The molecule has 0 radical (unpaired) electrons. The Kier molecular flexibility index (Phi) is 4.07. The Balaban J connectivity index is 1.56. The van der Waals surface area contributed by atoms with Crippen molar-refractivity contribution in [1.29, 1.82) is 0 Å². The molecule has 1 saturated heterocycles. The minimum Gasteiger partial charge on any atom is -0.375 e. The van der Waals surface area contributed by atoms with Crippen LogP contribution in [-0.2, 0) is 12.8 Å². The van der Waals surface area contributed by atoms with Crippen LogP contribution in [0.3, 0.4) is 0 Å². The number of rotatable bonds is 4. The highest BCUT2D eigenvalue weighted by Crippen LogP contribution is 2.26. The van der Waals surface area contributed by atoms with Gasteiger partial charge in [0.2, 0.25) is 0 Å². The van der Waals surface area contributed by atoms with E-state index >= 15 is 0 Å². The summed E-state index contributed by atoms with van der Waals surface area (Å²) in [5.41, 5.74) is 4.56. The van der Waals surface area contributed by atoms with E-state index in [0.29, 0.717) is 0 Å². The molecule has 1 aliphatic heterocycles. The standard InChI is InChI=1S/C17H26N2/c1-19(12-10-16-7-2-3-11-18-16)17-9-8-14-5-4-6-15(14)13-17/h8-9,13,16,18H,2-7,10-12H2,1H3. The summed E-state index contributed by atoms with van der Waals surface area (Å²) in [7, 11) is 2.24. The van der Waals surface area contributed by atoms with Crippen LogP contribution >= 0.6 is 0 Å². The van der Waals surface area contributed by atoms with Gasteiger partial charge in [0, 0.05) is 25.3 Å². The van der Waals surface area contributed by atoms with Crippen molar-refractivity contribution in [3.8, 4) is 0 Å². The lowest BCUT2D eigenvalue weighted by atomic mass is 10.0. The van der Waals surface area contributed by atoms with Gasteiger partial charge in [0.15, 0.2) is 0 Å². The number of anilines is 1. The smallest absolute Gasteiger partial charge is 0.0366 e. The van der Waals surface area contributed by atoms with Gasteiger partial charge in [-0.15, -0.1) is 0 Å². The Morgan fingerprint density at radius 2 is 2.05 bits per heavy atom. The zero-order valence-corrected chi connectivity index (χ0v) is 12.1. The number of benzene rings is 1. The minimum absolute atomic E-state index is 0.741. The lowest BCUT2D eigenvalue weighted by Gasteiger charge is -2.27. The Morgan fingerprint density at radius 1 is 1.16 bits per heavy atom. The first-order valence-electron chi connectivity index (χ1n) is 7.89. The summed E-state index contributed by atoms with van der Waals surface area (Å²) in [6, 6.07) is 7.80. The van der Waals surface area contributed by atoms with Crippen LogP contribution in [0.15, 0.2) is 18.2 Å². The van der Waals surface area contributed by atoms with E-state index in [0.717, 1.165) is 12.6 Å². The van der Waals surface area contributed by atoms with E-state index in [9.17, 15) is 0 Å². The van der Waals surface area contributed by atoms with E-state index < -0.39 is 0 Å². The van der Waals surface area contributed by atoms with Crippen molar-refractivity contribution in [2.75, 3.05) is 25.0 Å². The third-order valence-corrected chi connectivity index (χ3v) is 4.75. The van der Waals surface area contributed by atoms with E-state index in [2.05, 4.69) is 35.5 Å². The first-order chi connectivity index (χ1) is 9.33. The van der Waals surface area contributed by atoms with Crippen molar-refractivity contribution < 1.29 is 0 Å². The van der Waals surface area contributed by atoms with E-state index in [1.165, 1.54) is 57.2 Å². The van der Waals surface area contributed by atoms with Crippen molar-refractivity contribution >= 4 is 5.69 Å². The van der Waals surface area contributed by atoms with Gasteiger partial charge in [-0.25, -0.2) is 0 Å². The Morgan fingerprint density at radius 3 is 2.89 bits per heavy atom. The monoisotopic (exact) mass is 258 g/mol. The number of nitrogens with zero attached hydrogens (tertiary/aromatic N) is 1. The first kappa shape index (κ1) is 13.0. The maximum atomic E-state index is 3.64. The molecule has 0 amide bonds. The van der Waals surface area contributed by atoms with Crippen molar-refractivity contribution in [2.45, 2.75) is 51.0 Å². The van der Waals surface area contributed by atoms with Crippen LogP contribution in [0.1, 0.15) is 43.2 Å². The van der Waals surface area contributed by atoms with E-state index in [1.54, 1.807) is 11.1 Å². The highest BCUT2D eigenvalue weighted by molar-refractivity contribution is 5.51. The maximum absolute atomic E-state index is 3.64. The quantitative estimate of drug-likeness (QED) is 0.892. The molecule has 2 aliphatic rings. The second kappa shape index (κ2) is 5.96. The molecule has 1 atom stereocenters. The van der Waals surface area contributed by atoms with Gasteiger partial charge in [-0.3, -0.25) is 0 Å². The zero-order chi connectivity index (χ0) is 13.1. The molecule has 3 rings (SSSR count). The van der Waals surface area contributed by atoms with Gasteiger partial charge in [0.05, 0.1) is 0 Å². The molecular formula is C17H26N2. The predicted molar refractivity (Wildman–Crippen MR) is 82.0 cm³/mol. The molecule has 1 N–H and O–H groups in total. The molecule has 0 bridgehead atoms. The average molecular weight is 258 g/mol. The van der Waals surface area contributed by atoms with E-state index in [4.69, 9.17) is 0 Å². The molecule has 19 heavy (non-hydrogen) atoms. The molecule has 1 heterocycles. The first-order valence-corrected chi connectivity index (χ1v) is 7.89. The van der Waals surface area contributed by atoms with Crippen LogP contribution in [-0.4, -0.2) is 26.2 Å². The molecule has 1 unspecified atom stereocenters. The van der Waals surface area contributed by atoms with Crippen LogP contribution in [0.2, 0.25) is 0 Å². The lowest BCUT2D eigenvalue weighted by molar-refractivity contribution is 0.384. The van der Waals surface area contributed by atoms with Gasteiger partial charge in [0.1, 0.15) is 0 Å². The fourth-order valence-corrected chi connectivity index (χ4v) is 3.44. The van der Waals surface area contributed by atoms with Gasteiger partial charge in [-0.05, 0) is 68.3 Å². The largest absolute Gasteiger partial charge is 0.375 e. The van der Waals surface area contributed by atoms with Crippen LogP contribution < -0.4 is 10.2 Å². The Labute approximate surface area is 117 Å². The fourth-order valence-electron chi connectivity index (χ4n) is 3.44. The van der Waals surface area contributed by atoms with Gasteiger partial charge in [-0.2, -0.15) is 0 Å². The third kappa shape index (κ3) is 3.11. The van der Waals surface area contributed by atoms with Crippen molar-refractivity contribution in [3.63, 3.8) is 0 Å². The SMILES string of the molecule is CN(CCC1CCCCN1)c1ccc2c(c1)CCC2. The summed E-state index contributed by atoms with van der Waals surface area (Å²) in [6.07, 6.45) is 9.30. The van der Waals surface area contributed by atoms with Crippen molar-refractivity contribution in [2.24, 2.45) is 0 Å². The van der Waals surface area contributed by atoms with Gasteiger partial charge < -0.3 is 10.2 Å². The molecule has 0 saturated carbocycles. The van der Waals surface area contributed by atoms with Crippen LogP contribution in [0.25, 0.3) is 0 Å².